The molecule has 0 N–H and O–H groups in total. The lowest BCUT2D eigenvalue weighted by Crippen LogP contribution is -2.06. The predicted molar refractivity (Wildman–Crippen MR) is 84.4 cm³/mol. The van der Waals surface area contributed by atoms with Gasteiger partial charge in [-0.25, -0.2) is 12.8 Å². The van der Waals surface area contributed by atoms with Gasteiger partial charge in [0.2, 0.25) is 0 Å². The molecule has 2 aromatic carbocycles. The molecule has 0 spiro atoms. The lowest BCUT2D eigenvalue weighted by Gasteiger charge is -2.05. The van der Waals surface area contributed by atoms with Crippen molar-refractivity contribution in [1.82, 2.24) is 4.57 Å². The highest BCUT2D eigenvalue weighted by Crippen LogP contribution is 2.22. The van der Waals surface area contributed by atoms with Gasteiger partial charge in [-0.05, 0) is 42.0 Å². The average Bonchev–Trinajstić information content (AvgIpc) is 2.73. The Morgan fingerprint density at radius 3 is 2.50 bits per heavy atom. The number of rotatable bonds is 3. The molecule has 114 valence electrons. The smallest absolute Gasteiger partial charge is 0.302 e. The summed E-state index contributed by atoms with van der Waals surface area (Å²) in [5.74, 6) is -0.667. The van der Waals surface area contributed by atoms with E-state index in [-0.39, 0.29) is 15.5 Å². The van der Waals surface area contributed by atoms with Crippen LogP contribution in [0.15, 0.2) is 52.2 Å². The average molecular weight is 337 g/mol. The number of hydrogen-bond acceptors (Lipinski definition) is 4. The number of thiazole rings is 1. The molecule has 1 aromatic heterocycles. The van der Waals surface area contributed by atoms with Crippen molar-refractivity contribution in [2.24, 2.45) is 7.05 Å². The van der Waals surface area contributed by atoms with E-state index in [2.05, 4.69) is 0 Å². The fourth-order valence-electron chi connectivity index (χ4n) is 2.21. The van der Waals surface area contributed by atoms with Crippen LogP contribution in [0.4, 0.5) is 4.39 Å². The molecular weight excluding hydrogens is 325 g/mol. The Balaban J connectivity index is 1.98. The van der Waals surface area contributed by atoms with Crippen molar-refractivity contribution in [3.63, 3.8) is 0 Å². The number of benzene rings is 2. The van der Waals surface area contributed by atoms with E-state index in [4.69, 9.17) is 0 Å². The van der Waals surface area contributed by atoms with Crippen molar-refractivity contribution in [1.29, 1.82) is 0 Å². The molecule has 0 radical (unpaired) electrons. The molecular formula is C15H12FNO3S2. The minimum absolute atomic E-state index is 0.0789. The number of sulfone groups is 1. The van der Waals surface area contributed by atoms with Gasteiger partial charge >= 0.3 is 4.87 Å². The maximum atomic E-state index is 12.9. The molecule has 0 bridgehead atoms. The third-order valence-electron chi connectivity index (χ3n) is 3.39. The first kappa shape index (κ1) is 14.9. The molecule has 22 heavy (non-hydrogen) atoms. The minimum Gasteiger partial charge on any atom is -0.302 e. The van der Waals surface area contributed by atoms with Crippen molar-refractivity contribution in [2.75, 3.05) is 0 Å². The molecule has 0 aliphatic heterocycles. The molecule has 0 unspecified atom stereocenters. The molecule has 0 fully saturated rings. The third-order valence-corrected chi connectivity index (χ3v) is 6.09. The van der Waals surface area contributed by atoms with Crippen LogP contribution in [0.1, 0.15) is 5.56 Å². The summed E-state index contributed by atoms with van der Waals surface area (Å²) in [7, 11) is -1.87. The molecule has 0 amide bonds. The first-order valence-corrected chi connectivity index (χ1v) is 8.90. The Kier molecular flexibility index (Phi) is 3.62. The van der Waals surface area contributed by atoms with Gasteiger partial charge in [-0.15, -0.1) is 0 Å². The molecule has 3 aromatic rings. The van der Waals surface area contributed by atoms with E-state index in [0.717, 1.165) is 33.7 Å². The van der Waals surface area contributed by atoms with Gasteiger partial charge in [0.15, 0.2) is 9.84 Å². The topological polar surface area (TPSA) is 56.1 Å². The second kappa shape index (κ2) is 5.33. The molecule has 0 atom stereocenters. The van der Waals surface area contributed by atoms with Crippen LogP contribution in [0.5, 0.6) is 0 Å². The molecule has 3 rings (SSSR count). The van der Waals surface area contributed by atoms with Crippen molar-refractivity contribution < 1.29 is 12.8 Å². The zero-order valence-corrected chi connectivity index (χ0v) is 13.2. The SMILES string of the molecule is Cn1c(=O)sc2cc(CS(=O)(=O)c3ccc(F)cc3)ccc21. The maximum absolute atomic E-state index is 12.9. The van der Waals surface area contributed by atoms with Crippen LogP contribution in [0.3, 0.4) is 0 Å². The van der Waals surface area contributed by atoms with E-state index in [9.17, 15) is 17.6 Å². The predicted octanol–water partition coefficient (Wildman–Crippen LogP) is 2.71. The second-order valence-corrected chi connectivity index (χ2v) is 7.92. The van der Waals surface area contributed by atoms with Gasteiger partial charge in [-0.2, -0.15) is 0 Å². The largest absolute Gasteiger partial charge is 0.307 e. The molecule has 0 aliphatic carbocycles. The van der Waals surface area contributed by atoms with E-state index in [1.54, 1.807) is 25.2 Å². The van der Waals surface area contributed by atoms with E-state index in [1.165, 1.54) is 16.7 Å². The van der Waals surface area contributed by atoms with Crippen LogP contribution in [-0.4, -0.2) is 13.0 Å². The summed E-state index contributed by atoms with van der Waals surface area (Å²) in [6.07, 6.45) is 0. The number of aryl methyl sites for hydroxylation is 1. The highest BCUT2D eigenvalue weighted by Gasteiger charge is 2.16. The summed E-state index contributed by atoms with van der Waals surface area (Å²) in [5, 5.41) is 0. The van der Waals surface area contributed by atoms with Gasteiger partial charge in [-0.3, -0.25) is 4.79 Å². The van der Waals surface area contributed by atoms with Crippen LogP contribution in [0.2, 0.25) is 0 Å². The molecule has 1 heterocycles. The van der Waals surface area contributed by atoms with Crippen LogP contribution >= 0.6 is 11.3 Å². The van der Waals surface area contributed by atoms with Crippen LogP contribution < -0.4 is 4.87 Å². The summed E-state index contributed by atoms with van der Waals surface area (Å²) in [6, 6.07) is 9.90. The van der Waals surface area contributed by atoms with Gasteiger partial charge in [-0.1, -0.05) is 17.4 Å². The summed E-state index contributed by atoms with van der Waals surface area (Å²) < 4.78 is 39.8. The number of halogens is 1. The Labute approximate surface area is 130 Å². The van der Waals surface area contributed by atoms with Gasteiger partial charge in [0.25, 0.3) is 0 Å². The zero-order chi connectivity index (χ0) is 15.9. The number of fused-ring (bicyclic) bond motifs is 1. The second-order valence-electron chi connectivity index (χ2n) is 4.94. The molecule has 0 saturated heterocycles. The summed E-state index contributed by atoms with van der Waals surface area (Å²) in [6.45, 7) is 0. The van der Waals surface area contributed by atoms with E-state index in [0.29, 0.717) is 5.56 Å². The lowest BCUT2D eigenvalue weighted by molar-refractivity contribution is 0.594. The highest BCUT2D eigenvalue weighted by atomic mass is 32.2. The minimum atomic E-state index is -3.55. The Morgan fingerprint density at radius 2 is 1.82 bits per heavy atom. The Morgan fingerprint density at radius 1 is 1.14 bits per heavy atom. The fourth-order valence-corrected chi connectivity index (χ4v) is 4.49. The summed E-state index contributed by atoms with van der Waals surface area (Å²) >= 11 is 1.08. The Bertz CT molecular complexity index is 1000. The van der Waals surface area contributed by atoms with Gasteiger partial charge < -0.3 is 4.57 Å². The maximum Gasteiger partial charge on any atom is 0.307 e. The highest BCUT2D eigenvalue weighted by molar-refractivity contribution is 7.90. The fraction of sp³-hybridized carbons (Fsp3) is 0.133. The van der Waals surface area contributed by atoms with Gasteiger partial charge in [0.05, 0.1) is 20.9 Å². The van der Waals surface area contributed by atoms with Crippen molar-refractivity contribution >= 4 is 31.4 Å². The molecule has 7 heteroatoms. The molecule has 0 aliphatic rings. The van der Waals surface area contributed by atoms with E-state index >= 15 is 0 Å². The summed E-state index contributed by atoms with van der Waals surface area (Å²) in [4.78, 5) is 11.6. The van der Waals surface area contributed by atoms with Crippen LogP contribution in [-0.2, 0) is 22.6 Å². The monoisotopic (exact) mass is 337 g/mol. The first-order valence-electron chi connectivity index (χ1n) is 6.43. The van der Waals surface area contributed by atoms with Crippen molar-refractivity contribution in [3.8, 4) is 0 Å². The zero-order valence-electron chi connectivity index (χ0n) is 11.6. The normalized spacial score (nSPS) is 11.9. The quantitative estimate of drug-likeness (QED) is 0.691. The van der Waals surface area contributed by atoms with Crippen LogP contribution in [0, 0.1) is 5.82 Å². The van der Waals surface area contributed by atoms with E-state index in [1.807, 2.05) is 0 Å². The van der Waals surface area contributed by atoms with Crippen LogP contribution in [0.25, 0.3) is 10.2 Å². The Hall–Kier alpha value is -1.99. The molecule has 0 saturated carbocycles. The molecule has 4 nitrogen and oxygen atoms in total. The lowest BCUT2D eigenvalue weighted by atomic mass is 10.2. The summed E-state index contributed by atoms with van der Waals surface area (Å²) in [5.41, 5.74) is 1.37. The van der Waals surface area contributed by atoms with Crippen molar-refractivity contribution in [3.05, 3.63) is 63.5 Å². The third kappa shape index (κ3) is 2.69. The number of hydrogen-bond donors (Lipinski definition) is 0. The van der Waals surface area contributed by atoms with Gasteiger partial charge in [0.1, 0.15) is 5.82 Å². The van der Waals surface area contributed by atoms with E-state index < -0.39 is 15.7 Å². The van der Waals surface area contributed by atoms with Crippen molar-refractivity contribution in [2.45, 2.75) is 10.6 Å². The number of aromatic nitrogens is 1. The standard InChI is InChI=1S/C15H12FNO3S2/c1-17-13-7-2-10(8-14(13)21-15(17)18)9-22(19,20)12-5-3-11(16)4-6-12/h2-8H,9H2,1H3. The van der Waals surface area contributed by atoms with Gasteiger partial charge in [0, 0.05) is 7.05 Å². The number of nitrogens with zero attached hydrogens (tertiary/aromatic N) is 1. The first-order chi connectivity index (χ1) is 10.4.